The Hall–Kier alpha value is -0.290. The zero-order chi connectivity index (χ0) is 16.4. The molecule has 1 atom stereocenters. The van der Waals surface area contributed by atoms with E-state index < -0.39 is 24.3 Å². The van der Waals surface area contributed by atoms with Gasteiger partial charge in [0.15, 0.2) is 5.79 Å². The van der Waals surface area contributed by atoms with Gasteiger partial charge in [0.25, 0.3) is 0 Å². The van der Waals surface area contributed by atoms with E-state index in [0.717, 1.165) is 25.7 Å². The number of ether oxygens (including phenoxy) is 2. The molecule has 0 heterocycles. The third-order valence-electron chi connectivity index (χ3n) is 4.19. The fraction of sp³-hybridized carbons (Fsp3) is 1.00. The van der Waals surface area contributed by atoms with E-state index in [1.54, 1.807) is 6.92 Å². The summed E-state index contributed by atoms with van der Waals surface area (Å²) in [7, 11) is 2.86. The Bertz CT molecular complexity index is 242. The predicted molar refractivity (Wildman–Crippen MR) is 79.2 cm³/mol. The zero-order valence-electron chi connectivity index (χ0n) is 13.9. The van der Waals surface area contributed by atoms with Gasteiger partial charge in [0.2, 0.25) is 0 Å². The molecule has 2 nitrogen and oxygen atoms in total. The van der Waals surface area contributed by atoms with Gasteiger partial charge in [0, 0.05) is 20.1 Å². The highest BCUT2D eigenvalue weighted by atomic mass is 19.4. The van der Waals surface area contributed by atoms with Crippen molar-refractivity contribution < 1.29 is 22.6 Å². The summed E-state index contributed by atoms with van der Waals surface area (Å²) in [5.41, 5.74) is 0. The number of unbranched alkanes of at least 4 members (excludes halogenated alkanes) is 5. The minimum absolute atomic E-state index is 0.413. The lowest BCUT2D eigenvalue weighted by molar-refractivity contribution is -0.264. The molecule has 0 aromatic rings. The van der Waals surface area contributed by atoms with E-state index in [1.165, 1.54) is 27.1 Å². The first-order valence-electron chi connectivity index (χ1n) is 8.02. The fourth-order valence-corrected chi connectivity index (χ4v) is 2.92. The van der Waals surface area contributed by atoms with Crippen molar-refractivity contribution in [2.45, 2.75) is 83.6 Å². The summed E-state index contributed by atoms with van der Waals surface area (Å²) in [5, 5.41) is 0. The Labute approximate surface area is 127 Å². The molecule has 128 valence electrons. The number of alkyl halides is 3. The van der Waals surface area contributed by atoms with Gasteiger partial charge in [-0.2, -0.15) is 13.2 Å². The monoisotopic (exact) mass is 312 g/mol. The number of hydrogen-bond donors (Lipinski definition) is 0. The van der Waals surface area contributed by atoms with Gasteiger partial charge in [0.05, 0.1) is 6.42 Å². The number of rotatable bonds is 12. The highest BCUT2D eigenvalue weighted by Gasteiger charge is 2.44. The molecule has 0 aromatic heterocycles. The molecule has 0 spiro atoms. The first kappa shape index (κ1) is 20.7. The van der Waals surface area contributed by atoms with Crippen LogP contribution in [0.5, 0.6) is 0 Å². The summed E-state index contributed by atoms with van der Waals surface area (Å²) in [6, 6.07) is 0. The Morgan fingerprint density at radius 3 is 1.81 bits per heavy atom. The highest BCUT2D eigenvalue weighted by Crippen LogP contribution is 2.38. The van der Waals surface area contributed by atoms with E-state index in [-0.39, 0.29) is 0 Å². The largest absolute Gasteiger partial charge is 0.389 e. The Kier molecular flexibility index (Phi) is 10.3. The lowest BCUT2D eigenvalue weighted by Crippen LogP contribution is -2.43. The van der Waals surface area contributed by atoms with Crippen LogP contribution in [0, 0.1) is 5.92 Å². The Morgan fingerprint density at radius 2 is 1.38 bits per heavy atom. The SMILES string of the molecule is CCCCCCCCC(CC(F)(F)F)C(CC)(OC)OC. The predicted octanol–water partition coefficient (Wildman–Crippen LogP) is 5.70. The number of hydrogen-bond acceptors (Lipinski definition) is 2. The second-order valence-corrected chi connectivity index (χ2v) is 5.65. The lowest BCUT2D eigenvalue weighted by Gasteiger charge is -2.38. The highest BCUT2D eigenvalue weighted by molar-refractivity contribution is 4.80. The van der Waals surface area contributed by atoms with Gasteiger partial charge < -0.3 is 9.47 Å². The minimum Gasteiger partial charge on any atom is -0.353 e. The normalized spacial score (nSPS) is 14.4. The molecule has 0 N–H and O–H groups in total. The summed E-state index contributed by atoms with van der Waals surface area (Å²) in [5.74, 6) is -1.78. The molecule has 0 fully saturated rings. The van der Waals surface area contributed by atoms with Crippen LogP contribution >= 0.6 is 0 Å². The minimum atomic E-state index is -4.19. The maximum Gasteiger partial charge on any atom is 0.389 e. The van der Waals surface area contributed by atoms with Crippen molar-refractivity contribution >= 4 is 0 Å². The topological polar surface area (TPSA) is 18.5 Å². The van der Waals surface area contributed by atoms with Crippen LogP contribution in [0.3, 0.4) is 0 Å². The summed E-state index contributed by atoms with van der Waals surface area (Å²) in [4.78, 5) is 0. The first-order valence-corrected chi connectivity index (χ1v) is 8.02. The zero-order valence-corrected chi connectivity index (χ0v) is 13.9. The second kappa shape index (κ2) is 10.4. The molecule has 0 aliphatic rings. The molecule has 0 saturated heterocycles. The van der Waals surface area contributed by atoms with Crippen molar-refractivity contribution in [3.8, 4) is 0 Å². The van der Waals surface area contributed by atoms with E-state index in [4.69, 9.17) is 9.47 Å². The van der Waals surface area contributed by atoms with Gasteiger partial charge in [-0.3, -0.25) is 0 Å². The summed E-state index contributed by atoms with van der Waals surface area (Å²) in [6.45, 7) is 3.95. The number of methoxy groups -OCH3 is 2. The molecular formula is C16H31F3O2. The van der Waals surface area contributed by atoms with Crippen LogP contribution in [0.4, 0.5) is 13.2 Å². The average Bonchev–Trinajstić information content (AvgIpc) is 2.43. The van der Waals surface area contributed by atoms with Gasteiger partial charge in [-0.05, 0) is 12.8 Å². The van der Waals surface area contributed by atoms with Crippen molar-refractivity contribution in [1.29, 1.82) is 0 Å². The summed E-state index contributed by atoms with van der Waals surface area (Å²) >= 11 is 0. The first-order chi connectivity index (χ1) is 9.85. The summed E-state index contributed by atoms with van der Waals surface area (Å²) in [6.07, 6.45) is 2.24. The molecule has 0 aliphatic carbocycles. The molecule has 0 saturated carbocycles. The maximum atomic E-state index is 12.8. The van der Waals surface area contributed by atoms with Crippen molar-refractivity contribution in [2.75, 3.05) is 14.2 Å². The van der Waals surface area contributed by atoms with Gasteiger partial charge in [0.1, 0.15) is 0 Å². The van der Waals surface area contributed by atoms with Gasteiger partial charge in [-0.25, -0.2) is 0 Å². The Morgan fingerprint density at radius 1 is 0.857 bits per heavy atom. The second-order valence-electron chi connectivity index (χ2n) is 5.65. The van der Waals surface area contributed by atoms with Crippen LogP contribution in [0.2, 0.25) is 0 Å². The molecule has 0 bridgehead atoms. The van der Waals surface area contributed by atoms with Crippen molar-refractivity contribution in [1.82, 2.24) is 0 Å². The van der Waals surface area contributed by atoms with E-state index in [0.29, 0.717) is 12.8 Å². The molecule has 0 aliphatic heterocycles. The third kappa shape index (κ3) is 8.05. The maximum absolute atomic E-state index is 12.8. The molecule has 0 radical (unpaired) electrons. The molecular weight excluding hydrogens is 281 g/mol. The van der Waals surface area contributed by atoms with E-state index >= 15 is 0 Å². The molecule has 1 unspecified atom stereocenters. The molecule has 0 amide bonds. The smallest absolute Gasteiger partial charge is 0.353 e. The van der Waals surface area contributed by atoms with Gasteiger partial charge in [-0.15, -0.1) is 0 Å². The quantitative estimate of drug-likeness (QED) is 0.340. The lowest BCUT2D eigenvalue weighted by atomic mass is 9.87. The van der Waals surface area contributed by atoms with Crippen LogP contribution in [0.1, 0.15) is 71.6 Å². The molecule has 0 aromatic carbocycles. The van der Waals surface area contributed by atoms with Gasteiger partial charge >= 0.3 is 6.18 Å². The third-order valence-corrected chi connectivity index (χ3v) is 4.19. The van der Waals surface area contributed by atoms with Crippen LogP contribution < -0.4 is 0 Å². The van der Waals surface area contributed by atoms with E-state index in [1.807, 2.05) is 0 Å². The average molecular weight is 312 g/mol. The van der Waals surface area contributed by atoms with Crippen LogP contribution in [-0.2, 0) is 9.47 Å². The van der Waals surface area contributed by atoms with Gasteiger partial charge in [-0.1, -0.05) is 52.4 Å². The summed E-state index contributed by atoms with van der Waals surface area (Å²) < 4.78 is 49.1. The van der Waals surface area contributed by atoms with Crippen LogP contribution in [-0.4, -0.2) is 26.2 Å². The fourth-order valence-electron chi connectivity index (χ4n) is 2.92. The van der Waals surface area contributed by atoms with Crippen molar-refractivity contribution in [3.63, 3.8) is 0 Å². The standard InChI is InChI=1S/C16H31F3O2/c1-5-7-8-9-10-11-12-14(13-16(17,18)19)15(6-2,20-3)21-4/h14H,5-13H2,1-4H3. The number of halogens is 3. The van der Waals surface area contributed by atoms with Crippen molar-refractivity contribution in [2.24, 2.45) is 5.92 Å². The molecule has 5 heteroatoms. The van der Waals surface area contributed by atoms with Crippen LogP contribution in [0.25, 0.3) is 0 Å². The molecule has 0 rings (SSSR count). The van der Waals surface area contributed by atoms with Crippen LogP contribution in [0.15, 0.2) is 0 Å². The van der Waals surface area contributed by atoms with E-state index in [2.05, 4.69) is 6.92 Å². The Balaban J connectivity index is 4.53. The van der Waals surface area contributed by atoms with Crippen molar-refractivity contribution in [3.05, 3.63) is 0 Å². The molecule has 21 heavy (non-hydrogen) atoms. The van der Waals surface area contributed by atoms with E-state index in [9.17, 15) is 13.2 Å².